The highest BCUT2D eigenvalue weighted by Crippen LogP contribution is 2.30. The van der Waals surface area contributed by atoms with Gasteiger partial charge < -0.3 is 35.8 Å². The first-order valence-electron chi connectivity index (χ1n) is 20.2. The summed E-state index contributed by atoms with van der Waals surface area (Å²) < 4.78 is 5.37. The van der Waals surface area contributed by atoms with Crippen molar-refractivity contribution < 1.29 is 23.9 Å². The highest BCUT2D eigenvalue weighted by Gasteiger charge is 2.30. The second-order valence-electron chi connectivity index (χ2n) is 17.1. The Morgan fingerprint density at radius 2 is 1.49 bits per heavy atom. The molecule has 15 nitrogen and oxygen atoms in total. The normalized spacial score (nSPS) is 16.1. The molecule has 15 heteroatoms. The quantitative estimate of drug-likeness (QED) is 0.103. The van der Waals surface area contributed by atoms with E-state index in [0.29, 0.717) is 36.5 Å². The fourth-order valence-electron chi connectivity index (χ4n) is 7.37. The highest BCUT2D eigenvalue weighted by atomic mass is 16.6. The Kier molecular flexibility index (Phi) is 15.3. The Morgan fingerprint density at radius 3 is 2.07 bits per heavy atom. The average Bonchev–Trinajstić information content (AvgIpc) is 3.72. The molecule has 3 aromatic carbocycles. The number of tetrazole rings is 1. The van der Waals surface area contributed by atoms with Crippen molar-refractivity contribution in [3.8, 4) is 22.5 Å². The van der Waals surface area contributed by atoms with E-state index in [1.54, 1.807) is 24.3 Å². The number of ether oxygens (including phenoxy) is 1. The van der Waals surface area contributed by atoms with Crippen molar-refractivity contribution in [3.05, 3.63) is 83.4 Å². The molecule has 316 valence electrons. The number of H-pyrrole nitrogens is 1. The summed E-state index contributed by atoms with van der Waals surface area (Å²) in [5.74, 6) is -0.186. The minimum Gasteiger partial charge on any atom is -0.444 e. The molecular formula is C44H60N10O5. The van der Waals surface area contributed by atoms with Gasteiger partial charge in [-0.3, -0.25) is 14.4 Å². The molecule has 0 spiro atoms. The van der Waals surface area contributed by atoms with Crippen LogP contribution in [0.1, 0.15) is 67.9 Å². The number of anilines is 1. The topological polar surface area (TPSA) is 187 Å². The fourth-order valence-corrected chi connectivity index (χ4v) is 7.37. The molecule has 0 saturated heterocycles. The number of hydrogen-bond acceptors (Lipinski definition) is 10. The van der Waals surface area contributed by atoms with E-state index in [2.05, 4.69) is 51.7 Å². The van der Waals surface area contributed by atoms with E-state index in [1.165, 1.54) is 0 Å². The third kappa shape index (κ3) is 13.7. The van der Waals surface area contributed by atoms with Gasteiger partial charge in [-0.05, 0) is 151 Å². The maximum absolute atomic E-state index is 13.9. The summed E-state index contributed by atoms with van der Waals surface area (Å²) in [7, 11) is 7.98. The number of hydrogen-bond donors (Lipinski definition) is 5. The lowest BCUT2D eigenvalue weighted by molar-refractivity contribution is -0.130. The van der Waals surface area contributed by atoms with E-state index in [9.17, 15) is 19.2 Å². The van der Waals surface area contributed by atoms with E-state index in [4.69, 9.17) is 4.74 Å². The minimum atomic E-state index is -0.847. The number of likely N-dealkylation sites (N-methyl/N-ethyl adjacent to an activating group) is 2. The van der Waals surface area contributed by atoms with Gasteiger partial charge in [0, 0.05) is 48.8 Å². The standard InChI is InChI=1S/C44H60N10O5/c1-28-23-34(41(56)47-36(26-53(5)6)27-54(7)8)19-22-37(28)31-13-9-29(10-14-31)24-38(42(57)46-35-20-17-32(18-21-35)39-49-51-52-50-39)48-40(55)33-15-11-30(12-16-33)25-45-43(58)59-44(2,3)4/h9-10,13-14,17-23,30,33,36,38H,11-12,15-16,24-27H2,1-8H3,(H,45,58)(H,46,57)(H,47,56)(H,48,55)(H,49,50,51,52)/t30-,33-,38-/m0/s1. The van der Waals surface area contributed by atoms with Gasteiger partial charge in [0.05, 0.1) is 6.04 Å². The number of aromatic amines is 1. The number of amides is 4. The number of nitrogens with one attached hydrogen (secondary N) is 5. The number of alkyl carbamates (subject to hydrolysis) is 1. The summed E-state index contributed by atoms with van der Waals surface area (Å²) in [5.41, 5.74) is 5.14. The lowest BCUT2D eigenvalue weighted by atomic mass is 9.81. The second-order valence-corrected chi connectivity index (χ2v) is 17.1. The maximum Gasteiger partial charge on any atom is 0.407 e. The lowest BCUT2D eigenvalue weighted by Crippen LogP contribution is -2.48. The summed E-state index contributed by atoms with van der Waals surface area (Å²) in [5, 5.41) is 26.1. The number of carbonyl (C=O) groups excluding carboxylic acids is 4. The third-order valence-corrected chi connectivity index (χ3v) is 10.2. The van der Waals surface area contributed by atoms with Crippen molar-refractivity contribution in [2.24, 2.45) is 11.8 Å². The molecular weight excluding hydrogens is 749 g/mol. The van der Waals surface area contributed by atoms with Crippen LogP contribution in [-0.2, 0) is 20.7 Å². The monoisotopic (exact) mass is 808 g/mol. The van der Waals surface area contributed by atoms with Crippen LogP contribution in [-0.4, -0.2) is 120 Å². The molecule has 1 aromatic heterocycles. The van der Waals surface area contributed by atoms with Crippen LogP contribution in [0.4, 0.5) is 10.5 Å². The molecule has 5 rings (SSSR count). The van der Waals surface area contributed by atoms with Crippen LogP contribution in [0.2, 0.25) is 0 Å². The minimum absolute atomic E-state index is 0.0196. The molecule has 1 aliphatic rings. The van der Waals surface area contributed by atoms with Crippen LogP contribution in [0.3, 0.4) is 0 Å². The zero-order chi connectivity index (χ0) is 42.7. The summed E-state index contributed by atoms with van der Waals surface area (Å²) in [6, 6.07) is 19.9. The zero-order valence-electron chi connectivity index (χ0n) is 35.6. The van der Waals surface area contributed by atoms with Crippen LogP contribution < -0.4 is 21.3 Å². The molecule has 4 amide bonds. The van der Waals surface area contributed by atoms with Crippen LogP contribution in [0, 0.1) is 18.8 Å². The Hall–Kier alpha value is -5.67. The van der Waals surface area contributed by atoms with Crippen molar-refractivity contribution >= 4 is 29.5 Å². The molecule has 1 aliphatic carbocycles. The summed E-state index contributed by atoms with van der Waals surface area (Å²) >= 11 is 0. The molecule has 5 N–H and O–H groups in total. The van der Waals surface area contributed by atoms with Crippen molar-refractivity contribution in [3.63, 3.8) is 0 Å². The van der Waals surface area contributed by atoms with Crippen molar-refractivity contribution in [1.29, 1.82) is 0 Å². The largest absolute Gasteiger partial charge is 0.444 e. The van der Waals surface area contributed by atoms with E-state index < -0.39 is 17.7 Å². The molecule has 1 fully saturated rings. The first-order valence-corrected chi connectivity index (χ1v) is 20.2. The Balaban J connectivity index is 1.25. The summed E-state index contributed by atoms with van der Waals surface area (Å²) in [6.45, 7) is 9.42. The molecule has 4 aromatic rings. The van der Waals surface area contributed by atoms with Gasteiger partial charge in [-0.15, -0.1) is 10.2 Å². The fraction of sp³-hybridized carbons (Fsp3) is 0.477. The predicted octanol–water partition coefficient (Wildman–Crippen LogP) is 5.06. The summed E-state index contributed by atoms with van der Waals surface area (Å²) in [6.07, 6.45) is 2.68. The van der Waals surface area contributed by atoms with Gasteiger partial charge in [0.1, 0.15) is 11.6 Å². The van der Waals surface area contributed by atoms with E-state index >= 15 is 0 Å². The SMILES string of the molecule is Cc1cc(C(=O)NC(CN(C)C)CN(C)C)ccc1-c1ccc(C[C@H](NC(=O)[C@H]2CC[C@H](CNC(=O)OC(C)(C)C)CC2)C(=O)Nc2ccc(-c3nn[nH]n3)cc2)cc1. The van der Waals surface area contributed by atoms with Gasteiger partial charge in [0.2, 0.25) is 17.6 Å². The van der Waals surface area contributed by atoms with Gasteiger partial charge >= 0.3 is 6.09 Å². The van der Waals surface area contributed by atoms with Gasteiger partial charge in [-0.25, -0.2) is 4.79 Å². The Morgan fingerprint density at radius 1 is 0.847 bits per heavy atom. The first kappa shape index (κ1) is 44.4. The van der Waals surface area contributed by atoms with Crippen molar-refractivity contribution in [2.45, 2.75) is 77.5 Å². The summed E-state index contributed by atoms with van der Waals surface area (Å²) in [4.78, 5) is 57.2. The number of nitrogens with zero attached hydrogens (tertiary/aromatic N) is 5. The predicted molar refractivity (Wildman–Crippen MR) is 229 cm³/mol. The van der Waals surface area contributed by atoms with E-state index in [0.717, 1.165) is 53.7 Å². The number of carbonyl (C=O) groups is 4. The molecule has 0 bridgehead atoms. The van der Waals surface area contributed by atoms with Gasteiger partial charge in [0.15, 0.2) is 0 Å². The van der Waals surface area contributed by atoms with Crippen molar-refractivity contribution in [2.75, 3.05) is 53.1 Å². The second kappa shape index (κ2) is 20.3. The smallest absolute Gasteiger partial charge is 0.407 e. The molecule has 1 saturated carbocycles. The molecule has 1 atom stereocenters. The number of aryl methyl sites for hydroxylation is 1. The average molecular weight is 809 g/mol. The van der Waals surface area contributed by atoms with Crippen molar-refractivity contribution in [1.82, 2.24) is 46.4 Å². The molecule has 0 aliphatic heterocycles. The number of aromatic nitrogens is 4. The van der Waals surface area contributed by atoms with E-state index in [1.807, 2.05) is 98.4 Å². The van der Waals surface area contributed by atoms with Gasteiger partial charge in [0.25, 0.3) is 5.91 Å². The van der Waals surface area contributed by atoms with Gasteiger partial charge in [-0.2, -0.15) is 5.21 Å². The van der Waals surface area contributed by atoms with Crippen LogP contribution in [0.15, 0.2) is 66.7 Å². The van der Waals surface area contributed by atoms with E-state index in [-0.39, 0.29) is 42.0 Å². The Bertz CT molecular complexity index is 1990. The molecule has 59 heavy (non-hydrogen) atoms. The number of rotatable bonds is 16. The first-order chi connectivity index (χ1) is 28.0. The molecule has 1 heterocycles. The highest BCUT2D eigenvalue weighted by molar-refractivity contribution is 5.98. The van der Waals surface area contributed by atoms with Crippen LogP contribution in [0.5, 0.6) is 0 Å². The number of benzene rings is 3. The maximum atomic E-state index is 13.9. The Labute approximate surface area is 347 Å². The molecule has 0 unspecified atom stereocenters. The van der Waals surface area contributed by atoms with Crippen LogP contribution in [0.25, 0.3) is 22.5 Å². The third-order valence-electron chi connectivity index (χ3n) is 10.2. The van der Waals surface area contributed by atoms with Crippen LogP contribution >= 0.6 is 0 Å². The lowest BCUT2D eigenvalue weighted by Gasteiger charge is -2.29. The zero-order valence-corrected chi connectivity index (χ0v) is 35.6. The molecule has 0 radical (unpaired) electrons. The van der Waals surface area contributed by atoms with Gasteiger partial charge in [-0.1, -0.05) is 30.3 Å².